The fourth-order valence-corrected chi connectivity index (χ4v) is 1.26. The Bertz CT molecular complexity index is 612. The van der Waals surface area contributed by atoms with Crippen LogP contribution < -0.4 is 5.73 Å². The van der Waals surface area contributed by atoms with Crippen LogP contribution in [0.2, 0.25) is 0 Å². The van der Waals surface area contributed by atoms with Crippen molar-refractivity contribution in [2.45, 2.75) is 0 Å². The van der Waals surface area contributed by atoms with E-state index < -0.39 is 0 Å². The molecule has 3 heterocycles. The van der Waals surface area contributed by atoms with Gasteiger partial charge in [-0.1, -0.05) is 0 Å². The molecule has 0 aliphatic carbocycles. The zero-order valence-electron chi connectivity index (χ0n) is 7.40. The fraction of sp³-hybridized carbons (Fsp3) is 0. The van der Waals surface area contributed by atoms with Gasteiger partial charge in [0.05, 0.1) is 0 Å². The molecule has 0 fully saturated rings. The molecule has 0 atom stereocenters. The van der Waals surface area contributed by atoms with Crippen molar-refractivity contribution in [1.29, 1.82) is 0 Å². The molecule has 2 N–H and O–H groups in total. The number of nitrogens with two attached hydrogens (primary N) is 1. The molecule has 0 aliphatic rings. The molecule has 15 heavy (non-hydrogen) atoms. The lowest BCUT2D eigenvalue weighted by Crippen LogP contribution is -1.94. The van der Waals surface area contributed by atoms with E-state index in [9.17, 15) is 0 Å². The van der Waals surface area contributed by atoms with Gasteiger partial charge >= 0.3 is 0 Å². The Morgan fingerprint density at radius 3 is 3.00 bits per heavy atom. The molecule has 3 aromatic heterocycles. The zero-order valence-corrected chi connectivity index (χ0v) is 7.40. The minimum absolute atomic E-state index is 0.174. The van der Waals surface area contributed by atoms with E-state index in [1.807, 2.05) is 0 Å². The number of aromatic nitrogens is 6. The summed E-state index contributed by atoms with van der Waals surface area (Å²) in [6.07, 6.45) is 3.19. The lowest BCUT2D eigenvalue weighted by atomic mass is 10.4. The maximum atomic E-state index is 5.55. The smallest absolute Gasteiger partial charge is 0.199 e. The molecule has 0 bridgehead atoms. The summed E-state index contributed by atoms with van der Waals surface area (Å²) in [5.41, 5.74) is 6.57. The Labute approximate surface area is 82.7 Å². The Morgan fingerprint density at radius 1 is 1.27 bits per heavy atom. The molecule has 8 heteroatoms. The first-order valence-electron chi connectivity index (χ1n) is 4.09. The Hall–Kier alpha value is -2.51. The van der Waals surface area contributed by atoms with Gasteiger partial charge in [0, 0.05) is 12.3 Å². The average Bonchev–Trinajstić information content (AvgIpc) is 2.83. The van der Waals surface area contributed by atoms with Crippen LogP contribution in [0.3, 0.4) is 0 Å². The molecular weight excluding hydrogens is 198 g/mol. The predicted molar refractivity (Wildman–Crippen MR) is 48.5 cm³/mol. The first-order chi connectivity index (χ1) is 7.36. The van der Waals surface area contributed by atoms with Gasteiger partial charge in [0.1, 0.15) is 6.33 Å². The van der Waals surface area contributed by atoms with Crippen LogP contribution in [0.15, 0.2) is 23.2 Å². The predicted octanol–water partition coefficient (Wildman–Crippen LogP) is -0.244. The third-order valence-electron chi connectivity index (χ3n) is 1.94. The van der Waals surface area contributed by atoms with Crippen LogP contribution in [0.25, 0.3) is 17.2 Å². The van der Waals surface area contributed by atoms with E-state index in [1.165, 1.54) is 0 Å². The molecule has 0 saturated heterocycles. The van der Waals surface area contributed by atoms with Gasteiger partial charge < -0.3 is 5.73 Å². The summed E-state index contributed by atoms with van der Waals surface area (Å²) < 4.78 is 6.14. The molecular formula is C7H5N7O. The highest BCUT2D eigenvalue weighted by Gasteiger charge is 2.15. The van der Waals surface area contributed by atoms with Gasteiger partial charge in [-0.25, -0.2) is 9.61 Å². The summed E-state index contributed by atoms with van der Waals surface area (Å²) in [4.78, 5) is 3.95. The third kappa shape index (κ3) is 1.04. The lowest BCUT2D eigenvalue weighted by molar-refractivity contribution is 0.310. The fourth-order valence-electron chi connectivity index (χ4n) is 1.26. The van der Waals surface area contributed by atoms with Gasteiger partial charge in [0.15, 0.2) is 23.0 Å². The summed E-state index contributed by atoms with van der Waals surface area (Å²) in [5.74, 6) is 0.630. The van der Waals surface area contributed by atoms with Crippen LogP contribution >= 0.6 is 0 Å². The largest absolute Gasteiger partial charge is 0.379 e. The highest BCUT2D eigenvalue weighted by Crippen LogP contribution is 2.19. The summed E-state index contributed by atoms with van der Waals surface area (Å²) in [5, 5.41) is 15.0. The molecule has 0 amide bonds. The van der Waals surface area contributed by atoms with Crippen LogP contribution in [-0.2, 0) is 0 Å². The number of nitrogens with zero attached hydrogens (tertiary/aromatic N) is 6. The number of hydrogen-bond acceptors (Lipinski definition) is 7. The molecule has 0 aromatic carbocycles. The van der Waals surface area contributed by atoms with Crippen molar-refractivity contribution >= 4 is 11.5 Å². The summed E-state index contributed by atoms with van der Waals surface area (Å²) in [6, 6.07) is 1.72. The van der Waals surface area contributed by atoms with E-state index >= 15 is 0 Å². The summed E-state index contributed by atoms with van der Waals surface area (Å²) in [7, 11) is 0. The second-order valence-electron chi connectivity index (χ2n) is 2.83. The van der Waals surface area contributed by atoms with Crippen molar-refractivity contribution in [3.05, 3.63) is 18.6 Å². The topological polar surface area (TPSA) is 108 Å². The molecule has 0 radical (unpaired) electrons. The van der Waals surface area contributed by atoms with E-state index in [1.54, 1.807) is 23.0 Å². The number of hydrogen-bond donors (Lipinski definition) is 1. The van der Waals surface area contributed by atoms with Crippen molar-refractivity contribution in [2.75, 3.05) is 5.73 Å². The summed E-state index contributed by atoms with van der Waals surface area (Å²) >= 11 is 0. The normalized spacial score (nSPS) is 10.9. The lowest BCUT2D eigenvalue weighted by Gasteiger charge is -1.93. The van der Waals surface area contributed by atoms with Gasteiger partial charge in [-0.3, -0.25) is 4.40 Å². The standard InChI is InChI=1S/C7H5N7O/c8-6-5(12-15-13-6)7-11-10-4-1-2-9-3-14(4)7/h1-3H,(H2,8,13). The average molecular weight is 203 g/mol. The SMILES string of the molecule is Nc1nonc1-c1nnc2ccncn12. The second-order valence-corrected chi connectivity index (χ2v) is 2.83. The van der Waals surface area contributed by atoms with Crippen molar-refractivity contribution in [1.82, 2.24) is 29.9 Å². The molecule has 74 valence electrons. The molecule has 3 rings (SSSR count). The van der Waals surface area contributed by atoms with E-state index in [0.717, 1.165) is 0 Å². The van der Waals surface area contributed by atoms with Gasteiger partial charge in [-0.15, -0.1) is 10.2 Å². The van der Waals surface area contributed by atoms with Gasteiger partial charge in [-0.2, -0.15) is 0 Å². The Kier molecular flexibility index (Phi) is 1.43. The molecule has 0 spiro atoms. The molecule has 0 unspecified atom stereocenters. The van der Waals surface area contributed by atoms with Crippen LogP contribution in [0, 0.1) is 0 Å². The molecule has 3 aromatic rings. The second kappa shape index (κ2) is 2.74. The van der Waals surface area contributed by atoms with E-state index in [-0.39, 0.29) is 5.82 Å². The minimum Gasteiger partial charge on any atom is -0.379 e. The maximum absolute atomic E-state index is 5.55. The van der Waals surface area contributed by atoms with E-state index in [2.05, 4.69) is 30.1 Å². The zero-order chi connectivity index (χ0) is 10.3. The highest BCUT2D eigenvalue weighted by atomic mass is 16.6. The Morgan fingerprint density at radius 2 is 2.20 bits per heavy atom. The number of rotatable bonds is 1. The van der Waals surface area contributed by atoms with E-state index in [0.29, 0.717) is 17.2 Å². The molecule has 0 saturated carbocycles. The monoisotopic (exact) mass is 203 g/mol. The third-order valence-corrected chi connectivity index (χ3v) is 1.94. The van der Waals surface area contributed by atoms with Crippen molar-refractivity contribution in [3.8, 4) is 11.5 Å². The first-order valence-corrected chi connectivity index (χ1v) is 4.09. The number of anilines is 1. The van der Waals surface area contributed by atoms with Gasteiger partial charge in [0.2, 0.25) is 0 Å². The minimum atomic E-state index is 0.174. The van der Waals surface area contributed by atoms with Crippen LogP contribution in [0.4, 0.5) is 5.82 Å². The quantitative estimate of drug-likeness (QED) is 0.581. The summed E-state index contributed by atoms with van der Waals surface area (Å²) in [6.45, 7) is 0. The van der Waals surface area contributed by atoms with Gasteiger partial charge in [0.25, 0.3) is 0 Å². The first kappa shape index (κ1) is 7.85. The van der Waals surface area contributed by atoms with Crippen LogP contribution in [-0.4, -0.2) is 29.9 Å². The molecule has 0 aliphatic heterocycles. The number of nitrogen functional groups attached to an aromatic ring is 1. The Balaban J connectivity index is 2.32. The van der Waals surface area contributed by atoms with Gasteiger partial charge in [-0.05, 0) is 10.3 Å². The van der Waals surface area contributed by atoms with Crippen molar-refractivity contribution in [2.24, 2.45) is 0 Å². The molecule has 8 nitrogen and oxygen atoms in total. The van der Waals surface area contributed by atoms with Crippen molar-refractivity contribution < 1.29 is 4.63 Å². The maximum Gasteiger partial charge on any atom is 0.199 e. The van der Waals surface area contributed by atoms with Crippen molar-refractivity contribution in [3.63, 3.8) is 0 Å². The van der Waals surface area contributed by atoms with Crippen LogP contribution in [0.1, 0.15) is 0 Å². The van der Waals surface area contributed by atoms with E-state index in [4.69, 9.17) is 5.73 Å². The van der Waals surface area contributed by atoms with Crippen LogP contribution in [0.5, 0.6) is 0 Å². The highest BCUT2D eigenvalue weighted by molar-refractivity contribution is 5.64. The number of fused-ring (bicyclic) bond motifs is 1.